The molecule has 0 saturated heterocycles. The molecule has 1 aromatic heterocycles. The molecule has 6 nitrogen and oxygen atoms in total. The molecule has 0 spiro atoms. The average molecular weight is 281 g/mol. The van der Waals surface area contributed by atoms with E-state index in [1.807, 2.05) is 19.9 Å². The van der Waals surface area contributed by atoms with E-state index in [9.17, 15) is 0 Å². The van der Waals surface area contributed by atoms with Crippen LogP contribution in [0.1, 0.15) is 12.5 Å². The van der Waals surface area contributed by atoms with Crippen LogP contribution in [-0.2, 0) is 0 Å². The van der Waals surface area contributed by atoms with Crippen molar-refractivity contribution in [2.24, 2.45) is 0 Å². The van der Waals surface area contributed by atoms with E-state index in [0.29, 0.717) is 17.4 Å². The third kappa shape index (κ3) is 3.45. The number of anilines is 1. The molecule has 0 aliphatic carbocycles. The highest BCUT2D eigenvalue weighted by atomic mass is 35.5. The minimum Gasteiger partial charge on any atom is -0.464 e. The number of nitrogen functional groups attached to an aromatic ring is 1. The monoisotopic (exact) mass is 280 g/mol. The number of halogens is 1. The zero-order valence-electron chi connectivity index (χ0n) is 10.6. The quantitative estimate of drug-likeness (QED) is 0.927. The summed E-state index contributed by atoms with van der Waals surface area (Å²) in [6, 6.07) is 5.55. The minimum absolute atomic E-state index is 0.0247. The highest BCUT2D eigenvalue weighted by molar-refractivity contribution is 6.32. The molecule has 0 atom stereocenters. The Morgan fingerprint density at radius 2 is 1.95 bits per heavy atom. The number of aromatic nitrogens is 3. The summed E-state index contributed by atoms with van der Waals surface area (Å²) in [5.74, 6) is 0.469. The van der Waals surface area contributed by atoms with E-state index in [-0.39, 0.29) is 18.0 Å². The Hall–Kier alpha value is -2.08. The molecule has 0 bridgehead atoms. The largest absolute Gasteiger partial charge is 0.464 e. The van der Waals surface area contributed by atoms with Gasteiger partial charge in [0.1, 0.15) is 5.75 Å². The van der Waals surface area contributed by atoms with Gasteiger partial charge in [0, 0.05) is 0 Å². The van der Waals surface area contributed by atoms with Crippen LogP contribution in [0.25, 0.3) is 0 Å². The Morgan fingerprint density at radius 3 is 2.63 bits per heavy atom. The Labute approximate surface area is 115 Å². The van der Waals surface area contributed by atoms with E-state index in [0.717, 1.165) is 5.56 Å². The SMILES string of the molecule is CCOc1nc(N)nc(Oc2ccc(C)cc2Cl)n1. The van der Waals surface area contributed by atoms with Crippen LogP contribution in [0.15, 0.2) is 18.2 Å². The van der Waals surface area contributed by atoms with Crippen molar-refractivity contribution in [1.29, 1.82) is 0 Å². The van der Waals surface area contributed by atoms with Crippen molar-refractivity contribution in [3.63, 3.8) is 0 Å². The van der Waals surface area contributed by atoms with E-state index in [4.69, 9.17) is 26.8 Å². The molecule has 2 aromatic rings. The zero-order valence-corrected chi connectivity index (χ0v) is 11.3. The van der Waals surface area contributed by atoms with Gasteiger partial charge in [0.05, 0.1) is 11.6 Å². The third-order valence-corrected chi connectivity index (χ3v) is 2.47. The summed E-state index contributed by atoms with van der Waals surface area (Å²) < 4.78 is 10.6. The summed E-state index contributed by atoms with van der Waals surface area (Å²) in [5, 5.41) is 0.469. The summed E-state index contributed by atoms with van der Waals surface area (Å²) in [4.78, 5) is 11.7. The lowest BCUT2D eigenvalue weighted by atomic mass is 10.2. The molecule has 2 N–H and O–H groups in total. The molecule has 7 heteroatoms. The third-order valence-electron chi connectivity index (χ3n) is 2.17. The van der Waals surface area contributed by atoms with Crippen LogP contribution in [0, 0.1) is 6.92 Å². The average Bonchev–Trinajstić information content (AvgIpc) is 2.32. The standard InChI is InChI=1S/C12H13ClN4O2/c1-3-18-11-15-10(14)16-12(17-11)19-9-5-4-7(2)6-8(9)13/h4-6H,3H2,1-2H3,(H2,14,15,16,17). The molecule has 0 aliphatic heterocycles. The molecule has 0 unspecified atom stereocenters. The highest BCUT2D eigenvalue weighted by Crippen LogP contribution is 2.28. The molecular formula is C12H13ClN4O2. The number of hydrogen-bond donors (Lipinski definition) is 1. The van der Waals surface area contributed by atoms with Gasteiger partial charge in [0.15, 0.2) is 0 Å². The maximum absolute atomic E-state index is 6.06. The number of aryl methyl sites for hydroxylation is 1. The summed E-state index contributed by atoms with van der Waals surface area (Å²) in [6.45, 7) is 4.18. The zero-order chi connectivity index (χ0) is 13.8. The van der Waals surface area contributed by atoms with Crippen LogP contribution < -0.4 is 15.2 Å². The van der Waals surface area contributed by atoms with Gasteiger partial charge >= 0.3 is 12.0 Å². The van der Waals surface area contributed by atoms with Crippen LogP contribution in [0.4, 0.5) is 5.95 Å². The fraction of sp³-hybridized carbons (Fsp3) is 0.250. The lowest BCUT2D eigenvalue weighted by Gasteiger charge is -2.08. The van der Waals surface area contributed by atoms with Gasteiger partial charge in [-0.2, -0.15) is 9.97 Å². The molecule has 0 saturated carbocycles. The Morgan fingerprint density at radius 1 is 1.21 bits per heavy atom. The lowest BCUT2D eigenvalue weighted by Crippen LogP contribution is -2.04. The van der Waals surface area contributed by atoms with Gasteiger partial charge in [0.25, 0.3) is 0 Å². The second-order valence-corrected chi connectivity index (χ2v) is 4.13. The topological polar surface area (TPSA) is 83.2 Å². The first-order chi connectivity index (χ1) is 9.08. The molecule has 100 valence electrons. The second-order valence-electron chi connectivity index (χ2n) is 3.73. The summed E-state index contributed by atoms with van der Waals surface area (Å²) in [7, 11) is 0. The minimum atomic E-state index is 0.0247. The fourth-order valence-corrected chi connectivity index (χ4v) is 1.65. The van der Waals surface area contributed by atoms with Crippen molar-refractivity contribution < 1.29 is 9.47 Å². The Kier molecular flexibility index (Phi) is 4.01. The van der Waals surface area contributed by atoms with Gasteiger partial charge in [0.2, 0.25) is 5.95 Å². The van der Waals surface area contributed by atoms with Crippen LogP contribution in [0.5, 0.6) is 17.8 Å². The van der Waals surface area contributed by atoms with Gasteiger partial charge in [-0.05, 0) is 31.5 Å². The molecule has 19 heavy (non-hydrogen) atoms. The summed E-state index contributed by atoms with van der Waals surface area (Å²) in [6.07, 6.45) is 0. The van der Waals surface area contributed by atoms with Gasteiger partial charge in [-0.15, -0.1) is 4.98 Å². The van der Waals surface area contributed by atoms with Gasteiger partial charge < -0.3 is 15.2 Å². The van der Waals surface area contributed by atoms with Gasteiger partial charge in [-0.25, -0.2) is 0 Å². The molecule has 0 amide bonds. The van der Waals surface area contributed by atoms with Gasteiger partial charge in [-0.3, -0.25) is 0 Å². The number of hydrogen-bond acceptors (Lipinski definition) is 6. The van der Waals surface area contributed by atoms with E-state index in [1.54, 1.807) is 12.1 Å². The highest BCUT2D eigenvalue weighted by Gasteiger charge is 2.09. The summed E-state index contributed by atoms with van der Waals surface area (Å²) >= 11 is 6.06. The maximum atomic E-state index is 6.06. The molecule has 0 fully saturated rings. The second kappa shape index (κ2) is 5.71. The normalized spacial score (nSPS) is 10.3. The Balaban J connectivity index is 2.27. The fourth-order valence-electron chi connectivity index (χ4n) is 1.38. The Bertz CT molecular complexity index is 592. The van der Waals surface area contributed by atoms with Crippen LogP contribution >= 0.6 is 11.6 Å². The summed E-state index contributed by atoms with van der Waals surface area (Å²) in [5.41, 5.74) is 6.58. The first kappa shape index (κ1) is 13.4. The van der Waals surface area contributed by atoms with Crippen LogP contribution in [0.2, 0.25) is 5.02 Å². The molecule has 0 radical (unpaired) electrons. The predicted molar refractivity (Wildman–Crippen MR) is 71.7 cm³/mol. The van der Waals surface area contributed by atoms with E-state index >= 15 is 0 Å². The number of nitrogens with two attached hydrogens (primary N) is 1. The van der Waals surface area contributed by atoms with Crippen molar-refractivity contribution >= 4 is 17.5 Å². The first-order valence-corrected chi connectivity index (χ1v) is 6.04. The van der Waals surface area contributed by atoms with Crippen LogP contribution in [-0.4, -0.2) is 21.6 Å². The van der Waals surface area contributed by atoms with Crippen molar-refractivity contribution in [3.05, 3.63) is 28.8 Å². The molecular weight excluding hydrogens is 268 g/mol. The molecule has 1 heterocycles. The van der Waals surface area contributed by atoms with Crippen molar-refractivity contribution in [2.45, 2.75) is 13.8 Å². The van der Waals surface area contributed by atoms with E-state index in [1.165, 1.54) is 0 Å². The number of nitrogens with zero attached hydrogens (tertiary/aromatic N) is 3. The number of benzene rings is 1. The van der Waals surface area contributed by atoms with Crippen LogP contribution in [0.3, 0.4) is 0 Å². The number of ether oxygens (including phenoxy) is 2. The van der Waals surface area contributed by atoms with Gasteiger partial charge in [-0.1, -0.05) is 17.7 Å². The lowest BCUT2D eigenvalue weighted by molar-refractivity contribution is 0.304. The maximum Gasteiger partial charge on any atom is 0.330 e. The molecule has 2 rings (SSSR count). The van der Waals surface area contributed by atoms with E-state index in [2.05, 4.69) is 15.0 Å². The smallest absolute Gasteiger partial charge is 0.330 e. The predicted octanol–water partition coefficient (Wildman–Crippen LogP) is 2.61. The van der Waals surface area contributed by atoms with Crippen molar-refractivity contribution in [3.8, 4) is 17.8 Å². The first-order valence-electron chi connectivity index (χ1n) is 5.67. The number of rotatable bonds is 4. The molecule has 0 aliphatic rings. The van der Waals surface area contributed by atoms with Crippen molar-refractivity contribution in [1.82, 2.24) is 15.0 Å². The van der Waals surface area contributed by atoms with Crippen molar-refractivity contribution in [2.75, 3.05) is 12.3 Å². The van der Waals surface area contributed by atoms with E-state index < -0.39 is 0 Å². The molecule has 1 aromatic carbocycles.